The van der Waals surface area contributed by atoms with Crippen LogP contribution in [0.15, 0.2) is 34.9 Å². The number of hydrogen-bond donors (Lipinski definition) is 1. The molecule has 0 aliphatic rings. The molecule has 5 heteroatoms. The van der Waals surface area contributed by atoms with Crippen molar-refractivity contribution in [3.8, 4) is 5.75 Å². The molecule has 2 rings (SSSR count). The average molecular weight is 246 g/mol. The summed E-state index contributed by atoms with van der Waals surface area (Å²) in [5.41, 5.74) is 1.36. The van der Waals surface area contributed by atoms with Crippen molar-refractivity contribution in [3.05, 3.63) is 41.8 Å². The first-order chi connectivity index (χ1) is 8.65. The van der Waals surface area contributed by atoms with Gasteiger partial charge in [-0.1, -0.05) is 17.3 Å². The molecule has 1 N–H and O–H groups in total. The number of carbonyl (C=O) groups is 1. The lowest BCUT2D eigenvalue weighted by Crippen LogP contribution is -2.07. The maximum atomic E-state index is 11.0. The Kier molecular flexibility index (Phi) is 3.62. The summed E-state index contributed by atoms with van der Waals surface area (Å²) in [7, 11) is 0. The van der Waals surface area contributed by atoms with E-state index in [4.69, 9.17) is 9.26 Å². The first kappa shape index (κ1) is 12.2. The first-order valence-corrected chi connectivity index (χ1v) is 5.57. The van der Waals surface area contributed by atoms with Gasteiger partial charge in [-0.2, -0.15) is 0 Å². The van der Waals surface area contributed by atoms with Crippen LogP contribution in [0.5, 0.6) is 5.75 Å². The SMILES string of the molecule is CC(=O)Nc1ccccc1OCc1cc(C)on1. The summed E-state index contributed by atoms with van der Waals surface area (Å²) in [5.74, 6) is 1.21. The van der Waals surface area contributed by atoms with Gasteiger partial charge >= 0.3 is 0 Å². The van der Waals surface area contributed by atoms with Crippen LogP contribution >= 0.6 is 0 Å². The van der Waals surface area contributed by atoms with Gasteiger partial charge in [-0.25, -0.2) is 0 Å². The number of hydrogen-bond acceptors (Lipinski definition) is 4. The van der Waals surface area contributed by atoms with E-state index in [0.717, 1.165) is 5.76 Å². The molecule has 0 unspecified atom stereocenters. The fourth-order valence-electron chi connectivity index (χ4n) is 1.52. The van der Waals surface area contributed by atoms with Crippen molar-refractivity contribution in [3.63, 3.8) is 0 Å². The summed E-state index contributed by atoms with van der Waals surface area (Å²) in [5, 5.41) is 6.54. The Morgan fingerprint density at radius 1 is 1.44 bits per heavy atom. The monoisotopic (exact) mass is 246 g/mol. The Labute approximate surface area is 105 Å². The molecule has 18 heavy (non-hydrogen) atoms. The van der Waals surface area contributed by atoms with Gasteiger partial charge in [0.2, 0.25) is 5.91 Å². The Morgan fingerprint density at radius 2 is 2.22 bits per heavy atom. The molecule has 1 aromatic heterocycles. The number of aromatic nitrogens is 1. The zero-order valence-corrected chi connectivity index (χ0v) is 10.3. The number of para-hydroxylation sites is 2. The van der Waals surface area contributed by atoms with E-state index >= 15 is 0 Å². The number of anilines is 1. The van der Waals surface area contributed by atoms with Crippen molar-refractivity contribution in [2.45, 2.75) is 20.5 Å². The fourth-order valence-corrected chi connectivity index (χ4v) is 1.52. The van der Waals surface area contributed by atoms with Crippen LogP contribution in [0.1, 0.15) is 18.4 Å². The van der Waals surface area contributed by atoms with Crippen molar-refractivity contribution in [2.24, 2.45) is 0 Å². The number of aryl methyl sites for hydroxylation is 1. The predicted octanol–water partition coefficient (Wildman–Crippen LogP) is 2.52. The lowest BCUT2D eigenvalue weighted by atomic mass is 10.3. The van der Waals surface area contributed by atoms with Crippen molar-refractivity contribution < 1.29 is 14.1 Å². The van der Waals surface area contributed by atoms with Gasteiger partial charge in [0.1, 0.15) is 23.8 Å². The van der Waals surface area contributed by atoms with Crippen LogP contribution in [0.2, 0.25) is 0 Å². The Morgan fingerprint density at radius 3 is 2.89 bits per heavy atom. The van der Waals surface area contributed by atoms with Crippen LogP contribution in [0, 0.1) is 6.92 Å². The van der Waals surface area contributed by atoms with Gasteiger partial charge in [-0.3, -0.25) is 4.79 Å². The molecule has 0 fully saturated rings. The number of rotatable bonds is 4. The molecule has 0 aliphatic carbocycles. The third-order valence-electron chi connectivity index (χ3n) is 2.25. The van der Waals surface area contributed by atoms with Crippen molar-refractivity contribution in [2.75, 3.05) is 5.32 Å². The maximum Gasteiger partial charge on any atom is 0.221 e. The average Bonchev–Trinajstić information content (AvgIpc) is 2.73. The standard InChI is InChI=1S/C13H14N2O3/c1-9-7-11(15-18-9)8-17-13-6-4-3-5-12(13)14-10(2)16/h3-7H,8H2,1-2H3,(H,14,16). The molecular weight excluding hydrogens is 232 g/mol. The quantitative estimate of drug-likeness (QED) is 0.900. The summed E-state index contributed by atoms with van der Waals surface area (Å²) < 4.78 is 10.5. The van der Waals surface area contributed by atoms with Crippen LogP contribution in [-0.4, -0.2) is 11.1 Å². The highest BCUT2D eigenvalue weighted by Gasteiger charge is 2.06. The van der Waals surface area contributed by atoms with Crippen molar-refractivity contribution >= 4 is 11.6 Å². The van der Waals surface area contributed by atoms with Gasteiger partial charge in [0.25, 0.3) is 0 Å². The summed E-state index contributed by atoms with van der Waals surface area (Å²) in [6, 6.07) is 9.05. The highest BCUT2D eigenvalue weighted by Crippen LogP contribution is 2.24. The molecule has 5 nitrogen and oxygen atoms in total. The number of amides is 1. The van der Waals surface area contributed by atoms with Gasteiger partial charge in [0.15, 0.2) is 0 Å². The normalized spacial score (nSPS) is 10.1. The number of ether oxygens (including phenoxy) is 1. The molecular formula is C13H14N2O3. The second-order valence-electron chi connectivity index (χ2n) is 3.89. The molecule has 0 saturated carbocycles. The Balaban J connectivity index is 2.06. The van der Waals surface area contributed by atoms with Crippen LogP contribution in [-0.2, 0) is 11.4 Å². The molecule has 1 aromatic carbocycles. The summed E-state index contributed by atoms with van der Waals surface area (Å²) in [4.78, 5) is 11.0. The summed E-state index contributed by atoms with van der Waals surface area (Å²) >= 11 is 0. The van der Waals surface area contributed by atoms with E-state index < -0.39 is 0 Å². The topological polar surface area (TPSA) is 64.4 Å². The zero-order chi connectivity index (χ0) is 13.0. The number of carbonyl (C=O) groups excluding carboxylic acids is 1. The number of nitrogens with zero attached hydrogens (tertiary/aromatic N) is 1. The van der Waals surface area contributed by atoms with E-state index in [2.05, 4.69) is 10.5 Å². The van der Waals surface area contributed by atoms with E-state index in [1.165, 1.54) is 6.92 Å². The van der Waals surface area contributed by atoms with E-state index in [-0.39, 0.29) is 5.91 Å². The lowest BCUT2D eigenvalue weighted by Gasteiger charge is -2.10. The zero-order valence-electron chi connectivity index (χ0n) is 10.3. The second-order valence-corrected chi connectivity index (χ2v) is 3.89. The molecule has 0 bridgehead atoms. The minimum Gasteiger partial charge on any atom is -0.485 e. The molecule has 0 atom stereocenters. The number of benzene rings is 1. The largest absolute Gasteiger partial charge is 0.485 e. The van der Waals surface area contributed by atoms with Gasteiger partial charge in [-0.05, 0) is 19.1 Å². The minimum absolute atomic E-state index is 0.136. The van der Waals surface area contributed by atoms with E-state index in [9.17, 15) is 4.79 Å². The molecule has 2 aromatic rings. The molecule has 1 heterocycles. The van der Waals surface area contributed by atoms with Gasteiger partial charge in [0, 0.05) is 13.0 Å². The highest BCUT2D eigenvalue weighted by atomic mass is 16.5. The van der Waals surface area contributed by atoms with Gasteiger partial charge in [0.05, 0.1) is 5.69 Å². The molecule has 94 valence electrons. The van der Waals surface area contributed by atoms with E-state index in [1.54, 1.807) is 18.2 Å². The summed E-state index contributed by atoms with van der Waals surface area (Å²) in [6.45, 7) is 3.58. The van der Waals surface area contributed by atoms with Crippen LogP contribution in [0.25, 0.3) is 0 Å². The molecule has 0 spiro atoms. The van der Waals surface area contributed by atoms with Crippen LogP contribution < -0.4 is 10.1 Å². The lowest BCUT2D eigenvalue weighted by molar-refractivity contribution is -0.114. The maximum absolute atomic E-state index is 11.0. The van der Waals surface area contributed by atoms with Crippen LogP contribution in [0.3, 0.4) is 0 Å². The highest BCUT2D eigenvalue weighted by molar-refractivity contribution is 5.90. The Bertz CT molecular complexity index is 549. The predicted molar refractivity (Wildman–Crippen MR) is 66.3 cm³/mol. The Hall–Kier alpha value is -2.30. The molecule has 0 saturated heterocycles. The van der Waals surface area contributed by atoms with Gasteiger partial charge in [-0.15, -0.1) is 0 Å². The van der Waals surface area contributed by atoms with Crippen molar-refractivity contribution in [1.29, 1.82) is 0 Å². The molecule has 1 amide bonds. The van der Waals surface area contributed by atoms with E-state index in [1.807, 2.05) is 19.1 Å². The van der Waals surface area contributed by atoms with Gasteiger partial charge < -0.3 is 14.6 Å². The summed E-state index contributed by atoms with van der Waals surface area (Å²) in [6.07, 6.45) is 0. The smallest absolute Gasteiger partial charge is 0.221 e. The first-order valence-electron chi connectivity index (χ1n) is 5.57. The minimum atomic E-state index is -0.136. The van der Waals surface area contributed by atoms with Crippen LogP contribution in [0.4, 0.5) is 5.69 Å². The number of nitrogens with one attached hydrogen (secondary N) is 1. The molecule has 0 radical (unpaired) electrons. The molecule has 0 aliphatic heterocycles. The fraction of sp³-hybridized carbons (Fsp3) is 0.231. The third kappa shape index (κ3) is 3.10. The second kappa shape index (κ2) is 5.35. The third-order valence-corrected chi connectivity index (χ3v) is 2.25. The van der Waals surface area contributed by atoms with E-state index in [0.29, 0.717) is 23.7 Å². The van der Waals surface area contributed by atoms with Crippen molar-refractivity contribution in [1.82, 2.24) is 5.16 Å².